The molecule has 0 bridgehead atoms. The molecule has 0 rings (SSSR count). The van der Waals surface area contributed by atoms with Crippen LogP contribution < -0.4 is 0 Å². The van der Waals surface area contributed by atoms with Crippen LogP contribution in [0.25, 0.3) is 0 Å². The van der Waals surface area contributed by atoms with Crippen molar-refractivity contribution >= 4 is 0 Å². The van der Waals surface area contributed by atoms with Crippen molar-refractivity contribution in [3.05, 3.63) is 12.8 Å². The van der Waals surface area contributed by atoms with Crippen molar-refractivity contribution in [3.8, 4) is 0 Å². The summed E-state index contributed by atoms with van der Waals surface area (Å²) in [6.07, 6.45) is 1.40. The van der Waals surface area contributed by atoms with Crippen molar-refractivity contribution in [3.63, 3.8) is 0 Å². The molecule has 35 heavy (non-hydrogen) atoms. The highest BCUT2D eigenvalue weighted by molar-refractivity contribution is 4.47. The van der Waals surface area contributed by atoms with E-state index in [1.54, 1.807) is 0 Å². The van der Waals surface area contributed by atoms with Gasteiger partial charge in [0.15, 0.2) is 0 Å². The molecule has 0 heterocycles. The Balaban J connectivity index is 3.01. The molecule has 11 nitrogen and oxygen atoms in total. The average molecular weight is 512 g/mol. The van der Waals surface area contributed by atoms with Gasteiger partial charge < -0.3 is 52.3 Å². The first kappa shape index (κ1) is 34.1. The summed E-state index contributed by atoms with van der Waals surface area (Å²) in [5.74, 6) is 0. The van der Waals surface area contributed by atoms with Gasteiger partial charge >= 0.3 is 0 Å². The largest absolute Gasteiger partial charge is 0.499 e. The second-order valence-corrected chi connectivity index (χ2v) is 7.35. The van der Waals surface area contributed by atoms with Gasteiger partial charge in [-0.2, -0.15) is 0 Å². The summed E-state index contributed by atoms with van der Waals surface area (Å²) < 4.78 is 53.7. The van der Waals surface area contributed by atoms with E-state index in [9.17, 15) is 0 Å². The molecular weight excluding hydrogens is 462 g/mol. The maximum absolute atomic E-state index is 5.45. The standard InChI is InChI=1S/C24H49NO10/c1-4-26-7-8-28-11-12-30-15-16-32-19-20-34-23-24-35-22-21-33-18-17-31-14-13-29-10-9-27-6-5-25(2)3/h4H,1,5-24H2,2-3H3. The lowest BCUT2D eigenvalue weighted by molar-refractivity contribution is -0.0257. The maximum atomic E-state index is 5.45. The highest BCUT2D eigenvalue weighted by Crippen LogP contribution is 1.86. The summed E-state index contributed by atoms with van der Waals surface area (Å²) in [5.41, 5.74) is 0. The van der Waals surface area contributed by atoms with Gasteiger partial charge in [-0.25, -0.2) is 0 Å². The first-order valence-corrected chi connectivity index (χ1v) is 12.3. The van der Waals surface area contributed by atoms with E-state index in [1.165, 1.54) is 6.26 Å². The number of rotatable bonds is 31. The maximum Gasteiger partial charge on any atom is 0.111 e. The molecule has 0 N–H and O–H groups in total. The zero-order valence-corrected chi connectivity index (χ0v) is 22.0. The molecule has 0 aliphatic carbocycles. The highest BCUT2D eigenvalue weighted by Gasteiger charge is 1.96. The van der Waals surface area contributed by atoms with E-state index in [4.69, 9.17) is 47.4 Å². The SMILES string of the molecule is C=COCCOCCOCCOCCOCCOCCOCCOCCOCCOCCN(C)C. The van der Waals surface area contributed by atoms with Crippen molar-refractivity contribution in [2.24, 2.45) is 0 Å². The monoisotopic (exact) mass is 511 g/mol. The van der Waals surface area contributed by atoms with Crippen LogP contribution in [0.4, 0.5) is 0 Å². The summed E-state index contributed by atoms with van der Waals surface area (Å²) in [7, 11) is 4.04. The number of hydrogen-bond donors (Lipinski definition) is 0. The minimum Gasteiger partial charge on any atom is -0.499 e. The predicted molar refractivity (Wildman–Crippen MR) is 132 cm³/mol. The quantitative estimate of drug-likeness (QED) is 0.0979. The molecule has 0 aliphatic rings. The second-order valence-electron chi connectivity index (χ2n) is 7.35. The van der Waals surface area contributed by atoms with Gasteiger partial charge in [0.05, 0.1) is 125 Å². The second kappa shape index (κ2) is 31.2. The fraction of sp³-hybridized carbons (Fsp3) is 0.917. The lowest BCUT2D eigenvalue weighted by Crippen LogP contribution is -2.19. The Labute approximate surface area is 211 Å². The third-order valence-corrected chi connectivity index (χ3v) is 4.12. The third kappa shape index (κ3) is 33.1. The summed E-state index contributed by atoms with van der Waals surface area (Å²) in [4.78, 5) is 2.08. The Morgan fingerprint density at radius 3 is 0.857 bits per heavy atom. The van der Waals surface area contributed by atoms with Crippen LogP contribution in [0.1, 0.15) is 0 Å². The van der Waals surface area contributed by atoms with Gasteiger partial charge in [0.2, 0.25) is 0 Å². The van der Waals surface area contributed by atoms with Gasteiger partial charge in [0.1, 0.15) is 6.61 Å². The molecule has 0 saturated carbocycles. The first-order valence-electron chi connectivity index (χ1n) is 12.3. The van der Waals surface area contributed by atoms with Crippen LogP contribution in [0.15, 0.2) is 12.8 Å². The molecular formula is C24H49NO10. The Morgan fingerprint density at radius 2 is 0.629 bits per heavy atom. The van der Waals surface area contributed by atoms with Gasteiger partial charge in [-0.15, -0.1) is 0 Å². The average Bonchev–Trinajstić information content (AvgIpc) is 2.85. The predicted octanol–water partition coefficient (Wildman–Crippen LogP) is 0.858. The van der Waals surface area contributed by atoms with Crippen LogP contribution >= 0.6 is 0 Å². The lowest BCUT2D eigenvalue weighted by atomic mass is 10.6. The van der Waals surface area contributed by atoms with Crippen LogP contribution in [0.5, 0.6) is 0 Å². The van der Waals surface area contributed by atoms with Crippen molar-refractivity contribution in [2.75, 3.05) is 146 Å². The molecule has 0 spiro atoms. The van der Waals surface area contributed by atoms with Gasteiger partial charge in [0.25, 0.3) is 0 Å². The van der Waals surface area contributed by atoms with E-state index >= 15 is 0 Å². The minimum absolute atomic E-state index is 0.507. The fourth-order valence-electron chi connectivity index (χ4n) is 2.30. The number of likely N-dealkylation sites (N-methyl/N-ethyl adjacent to an activating group) is 1. The fourth-order valence-corrected chi connectivity index (χ4v) is 2.30. The molecule has 11 heteroatoms. The topological polar surface area (TPSA) is 95.5 Å². The number of nitrogens with zero attached hydrogens (tertiary/aromatic N) is 1. The number of ether oxygens (including phenoxy) is 10. The molecule has 0 atom stereocenters. The molecule has 0 aliphatic heterocycles. The first-order chi connectivity index (χ1) is 17.3. The van der Waals surface area contributed by atoms with Crippen LogP contribution in [0, 0.1) is 0 Å². The van der Waals surface area contributed by atoms with Crippen molar-refractivity contribution in [2.45, 2.75) is 0 Å². The molecule has 0 radical (unpaired) electrons. The lowest BCUT2D eigenvalue weighted by Gasteiger charge is -2.10. The van der Waals surface area contributed by atoms with Gasteiger partial charge in [-0.1, -0.05) is 6.58 Å². The zero-order chi connectivity index (χ0) is 25.5. The molecule has 0 saturated heterocycles. The molecule has 0 fully saturated rings. The Hall–Kier alpha value is -0.860. The van der Waals surface area contributed by atoms with E-state index in [0.717, 1.165) is 13.2 Å². The summed E-state index contributed by atoms with van der Waals surface area (Å²) >= 11 is 0. The van der Waals surface area contributed by atoms with Crippen LogP contribution in [0.3, 0.4) is 0 Å². The van der Waals surface area contributed by atoms with E-state index in [0.29, 0.717) is 119 Å². The summed E-state index contributed by atoms with van der Waals surface area (Å²) in [6, 6.07) is 0. The molecule has 0 aromatic carbocycles. The van der Waals surface area contributed by atoms with E-state index in [1.807, 2.05) is 14.1 Å². The third-order valence-electron chi connectivity index (χ3n) is 4.12. The normalized spacial score (nSPS) is 11.4. The van der Waals surface area contributed by atoms with Gasteiger partial charge in [-0.3, -0.25) is 0 Å². The molecule has 0 amide bonds. The molecule has 0 aromatic heterocycles. The van der Waals surface area contributed by atoms with Crippen LogP contribution in [-0.4, -0.2) is 151 Å². The summed E-state index contributed by atoms with van der Waals surface area (Å²) in [5, 5.41) is 0. The van der Waals surface area contributed by atoms with Crippen LogP contribution in [-0.2, 0) is 47.4 Å². The molecule has 0 unspecified atom stereocenters. The zero-order valence-electron chi connectivity index (χ0n) is 22.0. The van der Waals surface area contributed by atoms with Crippen molar-refractivity contribution < 1.29 is 47.4 Å². The molecule has 210 valence electrons. The summed E-state index contributed by atoms with van der Waals surface area (Å²) in [6.45, 7) is 14.8. The Morgan fingerprint density at radius 1 is 0.400 bits per heavy atom. The minimum atomic E-state index is 0.507. The Kier molecular flexibility index (Phi) is 30.4. The van der Waals surface area contributed by atoms with Gasteiger partial charge in [0, 0.05) is 6.54 Å². The van der Waals surface area contributed by atoms with Crippen LogP contribution in [0.2, 0.25) is 0 Å². The van der Waals surface area contributed by atoms with E-state index in [2.05, 4.69) is 11.5 Å². The molecule has 0 aromatic rings. The van der Waals surface area contributed by atoms with E-state index < -0.39 is 0 Å². The van der Waals surface area contributed by atoms with E-state index in [-0.39, 0.29) is 0 Å². The van der Waals surface area contributed by atoms with Crippen molar-refractivity contribution in [1.82, 2.24) is 4.90 Å². The highest BCUT2D eigenvalue weighted by atomic mass is 16.6. The van der Waals surface area contributed by atoms with Gasteiger partial charge in [-0.05, 0) is 14.1 Å². The van der Waals surface area contributed by atoms with Crippen molar-refractivity contribution in [1.29, 1.82) is 0 Å². The smallest absolute Gasteiger partial charge is 0.111 e. The number of hydrogen-bond acceptors (Lipinski definition) is 11. The Bertz CT molecular complexity index is 405.